The van der Waals surface area contributed by atoms with Gasteiger partial charge in [0.1, 0.15) is 18.1 Å². The molecule has 0 fully saturated rings. The Morgan fingerprint density at radius 2 is 1.65 bits per heavy atom. The van der Waals surface area contributed by atoms with Crippen LogP contribution < -0.4 is 27.4 Å². The third-order valence-electron chi connectivity index (χ3n) is 4.79. The molecule has 1 heterocycles. The summed E-state index contributed by atoms with van der Waals surface area (Å²) in [6.07, 6.45) is 3.02. The molecule has 1 aromatic rings. The largest absolute Gasteiger partial charge is 0.480 e. The maximum atomic E-state index is 13.1. The smallest absolute Gasteiger partial charge is 0.327 e. The summed E-state index contributed by atoms with van der Waals surface area (Å²) in [5.74, 6) is -4.06. The fraction of sp³-hybridized carbons (Fsp3) is 0.600. The number of rotatable bonds is 15. The van der Waals surface area contributed by atoms with Crippen molar-refractivity contribution in [1.29, 1.82) is 0 Å². The predicted octanol–water partition coefficient (Wildman–Crippen LogP) is -1.94. The molecule has 0 bridgehead atoms. The molecule has 0 saturated carbocycles. The molecule has 0 aliphatic rings. The van der Waals surface area contributed by atoms with Crippen molar-refractivity contribution in [3.8, 4) is 0 Å². The van der Waals surface area contributed by atoms with E-state index in [-0.39, 0.29) is 37.4 Å². The third kappa shape index (κ3) is 10.2. The molecule has 4 unspecified atom stereocenters. The Morgan fingerprint density at radius 1 is 1.06 bits per heavy atom. The molecule has 14 heteroatoms. The van der Waals surface area contributed by atoms with Gasteiger partial charge in [0, 0.05) is 30.5 Å². The number of carboxylic acids is 1. The van der Waals surface area contributed by atoms with Crippen LogP contribution >= 0.6 is 12.6 Å². The number of nitrogens with zero attached hydrogens (tertiary/aromatic N) is 1. The van der Waals surface area contributed by atoms with Gasteiger partial charge in [0.2, 0.25) is 23.6 Å². The monoisotopic (exact) mass is 499 g/mol. The van der Waals surface area contributed by atoms with Crippen molar-refractivity contribution in [1.82, 2.24) is 25.9 Å². The first-order chi connectivity index (χ1) is 15.9. The zero-order chi connectivity index (χ0) is 25.8. The van der Waals surface area contributed by atoms with E-state index in [2.05, 4.69) is 38.5 Å². The number of thiol groups is 1. The van der Waals surface area contributed by atoms with E-state index < -0.39 is 53.8 Å². The summed E-state index contributed by atoms with van der Waals surface area (Å²) in [4.78, 5) is 67.2. The number of carboxylic acid groups (broad SMARTS) is 1. The Balaban J connectivity index is 3.00. The lowest BCUT2D eigenvalue weighted by molar-refractivity contribution is -0.141. The summed E-state index contributed by atoms with van der Waals surface area (Å²) < 4.78 is 0. The van der Waals surface area contributed by atoms with Crippen LogP contribution in [0.2, 0.25) is 0 Å². The second kappa shape index (κ2) is 14.2. The first-order valence-electron chi connectivity index (χ1n) is 10.7. The van der Waals surface area contributed by atoms with E-state index in [0.29, 0.717) is 5.69 Å². The van der Waals surface area contributed by atoms with Gasteiger partial charge in [-0.25, -0.2) is 9.78 Å². The third-order valence-corrected chi connectivity index (χ3v) is 5.15. The minimum Gasteiger partial charge on any atom is -0.480 e. The summed E-state index contributed by atoms with van der Waals surface area (Å²) in [6.45, 7) is 3.67. The van der Waals surface area contributed by atoms with Crippen molar-refractivity contribution in [3.63, 3.8) is 0 Å². The number of primary amides is 1. The average molecular weight is 500 g/mol. The molecule has 190 valence electrons. The molecular weight excluding hydrogens is 466 g/mol. The second-order valence-corrected chi connectivity index (χ2v) is 8.59. The number of aromatic nitrogens is 2. The lowest BCUT2D eigenvalue weighted by Crippen LogP contribution is -2.58. The molecule has 1 aromatic heterocycles. The van der Waals surface area contributed by atoms with Crippen LogP contribution in [-0.2, 0) is 30.4 Å². The van der Waals surface area contributed by atoms with Crippen molar-refractivity contribution in [2.45, 2.75) is 63.7 Å². The number of imidazole rings is 1. The SMILES string of the molecule is CC(C)CC(NC(=O)C(Cc1cnc[nH]1)NC(=O)C(N)CCC(N)=O)C(=O)NC(CS)C(=O)O. The molecule has 4 atom stereocenters. The van der Waals surface area contributed by atoms with Gasteiger partial charge in [-0.1, -0.05) is 13.8 Å². The summed E-state index contributed by atoms with van der Waals surface area (Å²) in [5.41, 5.74) is 11.4. The molecule has 13 nitrogen and oxygen atoms in total. The molecular formula is C20H33N7O6S. The van der Waals surface area contributed by atoms with Gasteiger partial charge >= 0.3 is 5.97 Å². The molecule has 0 saturated heterocycles. The van der Waals surface area contributed by atoms with Crippen LogP contribution in [0.1, 0.15) is 38.8 Å². The number of hydrogen-bond acceptors (Lipinski definition) is 8. The van der Waals surface area contributed by atoms with Gasteiger partial charge < -0.3 is 37.5 Å². The quantitative estimate of drug-likeness (QED) is 0.126. The molecule has 0 aliphatic carbocycles. The normalized spacial score (nSPS) is 14.5. The van der Waals surface area contributed by atoms with Crippen LogP contribution in [0.3, 0.4) is 0 Å². The molecule has 4 amide bonds. The number of aliphatic carboxylic acids is 1. The molecule has 0 radical (unpaired) electrons. The van der Waals surface area contributed by atoms with Gasteiger partial charge in [0.25, 0.3) is 0 Å². The summed E-state index contributed by atoms with van der Waals surface area (Å²) in [6, 6.07) is -4.49. The van der Waals surface area contributed by atoms with Gasteiger partial charge in [0.15, 0.2) is 0 Å². The second-order valence-electron chi connectivity index (χ2n) is 8.23. The average Bonchev–Trinajstić information content (AvgIpc) is 3.26. The maximum absolute atomic E-state index is 13.1. The van der Waals surface area contributed by atoms with Crippen molar-refractivity contribution >= 4 is 42.2 Å². The fourth-order valence-electron chi connectivity index (χ4n) is 2.97. The van der Waals surface area contributed by atoms with Gasteiger partial charge in [-0.05, 0) is 18.8 Å². The van der Waals surface area contributed by atoms with E-state index in [1.807, 2.05) is 13.8 Å². The summed E-state index contributed by atoms with van der Waals surface area (Å²) in [5, 5.41) is 16.7. The molecule has 0 aliphatic heterocycles. The molecule has 9 N–H and O–H groups in total. The fourth-order valence-corrected chi connectivity index (χ4v) is 3.21. The highest BCUT2D eigenvalue weighted by Crippen LogP contribution is 2.08. The van der Waals surface area contributed by atoms with Crippen LogP contribution in [0.5, 0.6) is 0 Å². The minimum absolute atomic E-state index is 0.00174. The molecule has 34 heavy (non-hydrogen) atoms. The van der Waals surface area contributed by atoms with E-state index in [9.17, 15) is 29.1 Å². The number of amides is 4. The Kier molecular flexibility index (Phi) is 12.1. The molecule has 1 rings (SSSR count). The Bertz CT molecular complexity index is 848. The van der Waals surface area contributed by atoms with Crippen molar-refractivity contribution in [3.05, 3.63) is 18.2 Å². The summed E-state index contributed by atoms with van der Waals surface area (Å²) >= 11 is 3.93. The molecule has 0 spiro atoms. The van der Waals surface area contributed by atoms with Gasteiger partial charge in [-0.2, -0.15) is 12.6 Å². The first-order valence-corrected chi connectivity index (χ1v) is 11.3. The highest BCUT2D eigenvalue weighted by Gasteiger charge is 2.30. The molecule has 0 aromatic carbocycles. The predicted molar refractivity (Wildman–Crippen MR) is 125 cm³/mol. The van der Waals surface area contributed by atoms with E-state index in [4.69, 9.17) is 11.5 Å². The van der Waals surface area contributed by atoms with Crippen molar-refractivity contribution in [2.24, 2.45) is 17.4 Å². The van der Waals surface area contributed by atoms with Crippen LogP contribution in [0.4, 0.5) is 0 Å². The van der Waals surface area contributed by atoms with Crippen molar-refractivity contribution in [2.75, 3.05) is 5.75 Å². The minimum atomic E-state index is -1.26. The first kappa shape index (κ1) is 28.9. The van der Waals surface area contributed by atoms with E-state index in [1.54, 1.807) is 0 Å². The van der Waals surface area contributed by atoms with Crippen LogP contribution in [0.25, 0.3) is 0 Å². The van der Waals surface area contributed by atoms with Crippen LogP contribution in [-0.4, -0.2) is 74.6 Å². The number of H-pyrrole nitrogens is 1. The zero-order valence-electron chi connectivity index (χ0n) is 19.1. The highest BCUT2D eigenvalue weighted by atomic mass is 32.1. The Labute approximate surface area is 202 Å². The topological polar surface area (TPSA) is 222 Å². The number of carbonyl (C=O) groups excluding carboxylic acids is 4. The lowest BCUT2D eigenvalue weighted by Gasteiger charge is -2.25. The highest BCUT2D eigenvalue weighted by molar-refractivity contribution is 7.80. The van der Waals surface area contributed by atoms with Gasteiger partial charge in [-0.3, -0.25) is 19.2 Å². The Hall–Kier alpha value is -3.13. The number of nitrogens with two attached hydrogens (primary N) is 2. The van der Waals surface area contributed by atoms with E-state index >= 15 is 0 Å². The number of nitrogens with one attached hydrogen (secondary N) is 4. The number of hydrogen-bond donors (Lipinski definition) is 8. The summed E-state index contributed by atoms with van der Waals surface area (Å²) in [7, 11) is 0. The standard InChI is InChI=1S/C20H33N7O6S/c1-10(2)5-13(18(30)27-15(8-34)20(32)33)26-19(31)14(6-11-7-23-9-24-11)25-17(29)12(21)3-4-16(22)28/h7,9-10,12-15,34H,3-6,8,21H2,1-2H3,(H2,22,28)(H,23,24)(H,25,29)(H,26,31)(H,27,30)(H,32,33). The van der Waals surface area contributed by atoms with E-state index in [1.165, 1.54) is 12.5 Å². The van der Waals surface area contributed by atoms with Crippen LogP contribution in [0.15, 0.2) is 12.5 Å². The van der Waals surface area contributed by atoms with Crippen molar-refractivity contribution < 1.29 is 29.1 Å². The lowest BCUT2D eigenvalue weighted by atomic mass is 10.0. The number of carbonyl (C=O) groups is 5. The maximum Gasteiger partial charge on any atom is 0.327 e. The van der Waals surface area contributed by atoms with Gasteiger partial charge in [-0.15, -0.1) is 0 Å². The zero-order valence-corrected chi connectivity index (χ0v) is 20.0. The van der Waals surface area contributed by atoms with Crippen LogP contribution in [0, 0.1) is 5.92 Å². The number of aromatic amines is 1. The van der Waals surface area contributed by atoms with Gasteiger partial charge in [0.05, 0.1) is 12.4 Å². The Morgan fingerprint density at radius 3 is 2.15 bits per heavy atom. The van der Waals surface area contributed by atoms with E-state index in [0.717, 1.165) is 0 Å².